The molecule has 0 aliphatic carbocycles. The minimum absolute atomic E-state index is 0.0193. The van der Waals surface area contributed by atoms with E-state index in [0.717, 1.165) is 6.92 Å². The summed E-state index contributed by atoms with van der Waals surface area (Å²) in [5.41, 5.74) is 16.3. The van der Waals surface area contributed by atoms with Crippen LogP contribution < -0.4 is 54.4 Å². The molecule has 60 heavy (non-hydrogen) atoms. The summed E-state index contributed by atoms with van der Waals surface area (Å²) in [6.45, 7) is 2.92. The second-order valence-corrected chi connectivity index (χ2v) is 15.1. The molecule has 0 bridgehead atoms. The summed E-state index contributed by atoms with van der Waals surface area (Å²) in [6, 6.07) is -12.5. The Morgan fingerprint density at radius 3 is 1.43 bits per heavy atom. The Labute approximate surface area is 351 Å². The molecule has 0 radical (unpaired) electrons. The lowest BCUT2D eigenvalue weighted by Crippen LogP contribution is -2.62. The fourth-order valence-electron chi connectivity index (χ4n) is 5.11. The summed E-state index contributed by atoms with van der Waals surface area (Å²) in [6.07, 6.45) is -1.41. The van der Waals surface area contributed by atoms with Crippen LogP contribution in [0.5, 0.6) is 0 Å². The van der Waals surface area contributed by atoms with Gasteiger partial charge in [-0.05, 0) is 57.5 Å². The first kappa shape index (κ1) is 55.1. The molecule has 0 aromatic heterocycles. The first-order valence-corrected chi connectivity index (χ1v) is 20.3. The number of amides is 7. The Bertz CT molecular complexity index is 1470. The van der Waals surface area contributed by atoms with Gasteiger partial charge in [0.2, 0.25) is 41.4 Å². The monoisotopic (exact) mass is 881 g/mol. The van der Waals surface area contributed by atoms with Crippen LogP contribution in [0.1, 0.15) is 53.4 Å². The average molecular weight is 882 g/mol. The van der Waals surface area contributed by atoms with Gasteiger partial charge in [-0.3, -0.25) is 38.6 Å². The van der Waals surface area contributed by atoms with Gasteiger partial charge >= 0.3 is 5.97 Å². The molecule has 344 valence electrons. The van der Waals surface area contributed by atoms with Crippen molar-refractivity contribution in [3.63, 3.8) is 0 Å². The van der Waals surface area contributed by atoms with Gasteiger partial charge in [0, 0.05) is 6.54 Å². The zero-order chi connectivity index (χ0) is 46.3. The first-order valence-electron chi connectivity index (χ1n) is 18.9. The van der Waals surface area contributed by atoms with Crippen molar-refractivity contribution in [3.05, 3.63) is 0 Å². The third-order valence-corrected chi connectivity index (χ3v) is 9.08. The maximum Gasteiger partial charge on any atom is 0.328 e. The van der Waals surface area contributed by atoms with E-state index in [0.29, 0.717) is 0 Å². The van der Waals surface area contributed by atoms with Crippen LogP contribution in [0.4, 0.5) is 0 Å². The number of aliphatic imine (C=N–C) groups is 1. The molecule has 0 saturated carbocycles. The maximum absolute atomic E-state index is 13.7. The predicted molar refractivity (Wildman–Crippen MR) is 216 cm³/mol. The van der Waals surface area contributed by atoms with E-state index in [1.165, 1.54) is 18.7 Å². The van der Waals surface area contributed by atoms with E-state index in [4.69, 9.17) is 17.2 Å². The number of aliphatic hydroxyl groups is 5. The van der Waals surface area contributed by atoms with Crippen molar-refractivity contribution in [2.75, 3.05) is 38.4 Å². The van der Waals surface area contributed by atoms with E-state index < -0.39 is 128 Å². The van der Waals surface area contributed by atoms with Crippen LogP contribution in [0.15, 0.2) is 4.99 Å². The van der Waals surface area contributed by atoms with Crippen molar-refractivity contribution in [2.24, 2.45) is 28.1 Å². The lowest BCUT2D eigenvalue weighted by molar-refractivity contribution is -0.145. The summed E-state index contributed by atoms with van der Waals surface area (Å²) in [4.78, 5) is 107. The number of aliphatic hydroxyl groups excluding tert-OH is 5. The Morgan fingerprint density at radius 2 is 1.00 bits per heavy atom. The topological polar surface area (TPSA) is 433 Å². The molecule has 0 aromatic carbocycles. The molecule has 7 amide bonds. The SMILES string of the molecule is CSCC[C@H](NC(=O)[C@H](CCCN=C(N)N)NC(=O)[C@@H](NC(=O)[C@@H](N)CO)[C@@H](C)O)C(=O)N[C@@H](CO)C(=O)N[C@@H](CC(C)C)C(=O)N[C@@H](CO)C(=O)N[C@H](C(=O)O)[C@@H](C)O. The number of hydrogen-bond donors (Lipinski definition) is 16. The molecular formula is C34H63N11O14S. The highest BCUT2D eigenvalue weighted by molar-refractivity contribution is 7.98. The second kappa shape index (κ2) is 28.6. The molecule has 10 atom stereocenters. The summed E-state index contributed by atoms with van der Waals surface area (Å²) in [5, 5.41) is 74.3. The zero-order valence-electron chi connectivity index (χ0n) is 34.3. The second-order valence-electron chi connectivity index (χ2n) is 14.1. The number of carbonyl (C=O) groups excluding carboxylic acids is 7. The lowest BCUT2D eigenvalue weighted by atomic mass is 10.0. The number of guanidine groups is 1. The highest BCUT2D eigenvalue weighted by Gasteiger charge is 2.35. The van der Waals surface area contributed by atoms with Gasteiger partial charge in [0.1, 0.15) is 42.3 Å². The standard InChI is InChI=1S/C34H63N11O14S/c1-15(2)11-21(29(54)43-23(14-48)31(56)45-25(17(4)50)33(58)59)41-30(55)22(13-47)42-28(53)20(8-10-60-5)39-27(52)19(7-6-9-38-34(36)37)40-32(57)24(16(3)49)44-26(51)18(35)12-46/h15-25,46-50H,6-14,35H2,1-5H3,(H,39,52)(H,40,57)(H,41,55)(H,42,53)(H,43,54)(H,44,51)(H,45,56)(H,58,59)(H4,36,37,38)/t16-,17-,18+,19+,20+,21+,22+,23+,24+,25+/m1/s1. The smallest absolute Gasteiger partial charge is 0.328 e. The largest absolute Gasteiger partial charge is 0.480 e. The molecule has 25 nitrogen and oxygen atoms in total. The minimum Gasteiger partial charge on any atom is -0.480 e. The number of nitrogens with two attached hydrogens (primary N) is 3. The van der Waals surface area contributed by atoms with Crippen molar-refractivity contribution in [2.45, 2.75) is 114 Å². The molecule has 0 rings (SSSR count). The van der Waals surface area contributed by atoms with Gasteiger partial charge in [0.05, 0.1) is 32.0 Å². The zero-order valence-corrected chi connectivity index (χ0v) is 35.1. The molecule has 0 heterocycles. The third-order valence-electron chi connectivity index (χ3n) is 8.44. The summed E-state index contributed by atoms with van der Waals surface area (Å²) >= 11 is 1.30. The molecule has 19 N–H and O–H groups in total. The van der Waals surface area contributed by atoms with Gasteiger partial charge in [-0.25, -0.2) is 4.79 Å². The van der Waals surface area contributed by atoms with E-state index in [1.807, 2.05) is 5.32 Å². The number of carbonyl (C=O) groups is 8. The molecular weight excluding hydrogens is 819 g/mol. The van der Waals surface area contributed by atoms with Crippen LogP contribution in [0, 0.1) is 5.92 Å². The van der Waals surface area contributed by atoms with Gasteiger partial charge < -0.3 is 85.1 Å². The van der Waals surface area contributed by atoms with Crippen molar-refractivity contribution in [1.29, 1.82) is 0 Å². The number of carboxylic acid groups (broad SMARTS) is 1. The number of thioether (sulfide) groups is 1. The normalized spacial score (nSPS) is 16.1. The van der Waals surface area contributed by atoms with E-state index in [-0.39, 0.29) is 49.9 Å². The highest BCUT2D eigenvalue weighted by Crippen LogP contribution is 2.09. The van der Waals surface area contributed by atoms with Gasteiger partial charge in [0.15, 0.2) is 12.0 Å². The summed E-state index contributed by atoms with van der Waals surface area (Å²) in [5.74, 6) is -8.89. The van der Waals surface area contributed by atoms with Crippen LogP contribution in [-0.4, -0.2) is 183 Å². The van der Waals surface area contributed by atoms with Crippen molar-refractivity contribution in [3.8, 4) is 0 Å². The third kappa shape index (κ3) is 20.4. The average Bonchev–Trinajstić information content (AvgIpc) is 3.17. The molecule has 0 aliphatic rings. The molecule has 0 fully saturated rings. The molecule has 0 spiro atoms. The molecule has 26 heteroatoms. The van der Waals surface area contributed by atoms with E-state index >= 15 is 0 Å². The number of carboxylic acids is 1. The van der Waals surface area contributed by atoms with Crippen molar-refractivity contribution >= 4 is 65.0 Å². The number of nitrogens with one attached hydrogen (secondary N) is 7. The van der Waals surface area contributed by atoms with Crippen LogP contribution in [-0.2, 0) is 38.4 Å². The molecule has 0 aromatic rings. The van der Waals surface area contributed by atoms with E-state index in [2.05, 4.69) is 36.9 Å². The number of hydrogen-bond acceptors (Lipinski definition) is 16. The predicted octanol–water partition coefficient (Wildman–Crippen LogP) is -7.62. The van der Waals surface area contributed by atoms with E-state index in [9.17, 15) is 69.0 Å². The van der Waals surface area contributed by atoms with Crippen LogP contribution in [0.3, 0.4) is 0 Å². The van der Waals surface area contributed by atoms with Crippen LogP contribution >= 0.6 is 11.8 Å². The Balaban J connectivity index is 6.26. The van der Waals surface area contributed by atoms with Gasteiger partial charge in [0.25, 0.3) is 0 Å². The van der Waals surface area contributed by atoms with Crippen molar-refractivity contribution in [1.82, 2.24) is 37.2 Å². The number of nitrogens with zero attached hydrogens (tertiary/aromatic N) is 1. The van der Waals surface area contributed by atoms with Gasteiger partial charge in [-0.2, -0.15) is 11.8 Å². The number of rotatable bonds is 29. The fourth-order valence-corrected chi connectivity index (χ4v) is 5.58. The molecule has 0 aliphatic heterocycles. The Kier molecular flexibility index (Phi) is 26.3. The summed E-state index contributed by atoms with van der Waals surface area (Å²) in [7, 11) is 0. The molecule has 0 saturated heterocycles. The van der Waals surface area contributed by atoms with E-state index in [1.54, 1.807) is 20.1 Å². The maximum atomic E-state index is 13.7. The lowest BCUT2D eigenvalue weighted by Gasteiger charge is -2.28. The van der Waals surface area contributed by atoms with Crippen LogP contribution in [0.2, 0.25) is 0 Å². The first-order chi connectivity index (χ1) is 28.0. The summed E-state index contributed by atoms with van der Waals surface area (Å²) < 4.78 is 0. The highest BCUT2D eigenvalue weighted by atomic mass is 32.2. The number of aliphatic carboxylic acids is 1. The van der Waals surface area contributed by atoms with Crippen molar-refractivity contribution < 1.29 is 69.0 Å². The Morgan fingerprint density at radius 1 is 0.583 bits per heavy atom. The quantitative estimate of drug-likeness (QED) is 0.0188. The fraction of sp³-hybridized carbons (Fsp3) is 0.735. The molecule has 0 unspecified atom stereocenters. The van der Waals surface area contributed by atoms with Gasteiger partial charge in [-0.15, -0.1) is 0 Å². The Hall–Kier alpha value is -4.86. The minimum atomic E-state index is -1.77. The van der Waals surface area contributed by atoms with Crippen LogP contribution in [0.25, 0.3) is 0 Å². The van der Waals surface area contributed by atoms with Gasteiger partial charge in [-0.1, -0.05) is 13.8 Å².